The Hall–Kier alpha value is -1.46. The van der Waals surface area contributed by atoms with Gasteiger partial charge in [-0.25, -0.2) is 0 Å². The molecule has 2 aliphatic rings. The average Bonchev–Trinajstić information content (AvgIpc) is 3.05. The number of esters is 1. The first-order valence-electron chi connectivity index (χ1n) is 10.7. The molecule has 0 saturated carbocycles. The molecule has 0 bridgehead atoms. The first-order valence-corrected chi connectivity index (χ1v) is 15.6. The first kappa shape index (κ1) is 23.2. The van der Waals surface area contributed by atoms with Crippen molar-refractivity contribution in [3.63, 3.8) is 0 Å². The lowest BCUT2D eigenvalue weighted by molar-refractivity contribution is -0.141. The standard InChI is InChI=1S/C23H33O5PSi/c1-6-18-14-15-19(30(4,5)16-17-12-10-9-11-13-17)21-20(18)22(23(24)28-21)29(25,26-7-2)27-8-3/h6,9-14,19-22H,1,7-8,15-16H2,2-5H3/t19-,20+,21-,22-/m0/s1. The number of carbonyl (C=O) groups is 1. The van der Waals surface area contributed by atoms with Crippen LogP contribution in [0.25, 0.3) is 0 Å². The minimum absolute atomic E-state index is 0.212. The highest BCUT2D eigenvalue weighted by molar-refractivity contribution is 7.55. The maximum atomic E-state index is 13.6. The van der Waals surface area contributed by atoms with Crippen LogP contribution in [-0.2, 0) is 29.2 Å². The van der Waals surface area contributed by atoms with E-state index in [0.717, 1.165) is 18.0 Å². The number of benzene rings is 1. The molecular formula is C23H33O5PSi. The Kier molecular flexibility index (Phi) is 7.23. The van der Waals surface area contributed by atoms with Crippen LogP contribution in [0.15, 0.2) is 54.6 Å². The van der Waals surface area contributed by atoms with Gasteiger partial charge in [-0.15, -0.1) is 0 Å². The first-order chi connectivity index (χ1) is 14.3. The van der Waals surface area contributed by atoms with Gasteiger partial charge in [0.1, 0.15) is 6.10 Å². The zero-order valence-corrected chi connectivity index (χ0v) is 20.3. The summed E-state index contributed by atoms with van der Waals surface area (Å²) in [5.41, 5.74) is 1.50. The molecule has 1 aliphatic carbocycles. The van der Waals surface area contributed by atoms with Gasteiger partial charge in [0.25, 0.3) is 0 Å². The van der Waals surface area contributed by atoms with E-state index in [4.69, 9.17) is 13.8 Å². The maximum absolute atomic E-state index is 13.6. The molecular weight excluding hydrogens is 415 g/mol. The molecule has 30 heavy (non-hydrogen) atoms. The third-order valence-corrected chi connectivity index (χ3v) is 12.6. The Labute approximate surface area is 181 Å². The quantitative estimate of drug-likeness (QED) is 0.282. The molecule has 1 saturated heterocycles. The number of carbonyl (C=O) groups excluding carboxylic acids is 1. The summed E-state index contributed by atoms with van der Waals surface area (Å²) < 4.78 is 30.7. The molecule has 5 nitrogen and oxygen atoms in total. The monoisotopic (exact) mass is 448 g/mol. The van der Waals surface area contributed by atoms with E-state index in [1.54, 1.807) is 19.9 Å². The van der Waals surface area contributed by atoms with Crippen molar-refractivity contribution in [2.24, 2.45) is 5.92 Å². The zero-order valence-electron chi connectivity index (χ0n) is 18.4. The molecule has 0 N–H and O–H groups in total. The van der Waals surface area contributed by atoms with Crippen LogP contribution in [0.3, 0.4) is 0 Å². The molecule has 1 aromatic carbocycles. The van der Waals surface area contributed by atoms with E-state index in [-0.39, 0.29) is 30.8 Å². The molecule has 0 spiro atoms. The largest absolute Gasteiger partial charge is 0.461 e. The molecule has 7 heteroatoms. The predicted molar refractivity (Wildman–Crippen MR) is 122 cm³/mol. The molecule has 0 radical (unpaired) electrons. The van der Waals surface area contributed by atoms with E-state index in [1.807, 2.05) is 6.07 Å². The lowest BCUT2D eigenvalue weighted by Crippen LogP contribution is -2.46. The Morgan fingerprint density at radius 1 is 1.20 bits per heavy atom. The van der Waals surface area contributed by atoms with Crippen LogP contribution in [0.1, 0.15) is 25.8 Å². The van der Waals surface area contributed by atoms with Crippen molar-refractivity contribution in [3.05, 3.63) is 60.2 Å². The van der Waals surface area contributed by atoms with Crippen molar-refractivity contribution in [1.82, 2.24) is 0 Å². The molecule has 0 amide bonds. The van der Waals surface area contributed by atoms with Crippen LogP contribution in [0.5, 0.6) is 0 Å². The number of fused-ring (bicyclic) bond motifs is 1. The van der Waals surface area contributed by atoms with Crippen LogP contribution < -0.4 is 0 Å². The third-order valence-electron chi connectivity index (χ3n) is 6.28. The average molecular weight is 449 g/mol. The van der Waals surface area contributed by atoms with Crippen molar-refractivity contribution in [2.75, 3.05) is 13.2 Å². The topological polar surface area (TPSA) is 61.8 Å². The molecule has 1 aliphatic heterocycles. The lowest BCUT2D eigenvalue weighted by atomic mass is 9.84. The molecule has 164 valence electrons. The van der Waals surface area contributed by atoms with Gasteiger partial charge in [0, 0.05) is 5.92 Å². The fourth-order valence-electron chi connectivity index (χ4n) is 4.96. The highest BCUT2D eigenvalue weighted by atomic mass is 31.2. The lowest BCUT2D eigenvalue weighted by Gasteiger charge is -2.41. The number of allylic oxidation sites excluding steroid dienone is 2. The maximum Gasteiger partial charge on any atom is 0.345 e. The summed E-state index contributed by atoms with van der Waals surface area (Å²) in [7, 11) is -5.51. The van der Waals surface area contributed by atoms with Gasteiger partial charge in [0.05, 0.1) is 21.3 Å². The van der Waals surface area contributed by atoms with E-state index < -0.39 is 27.3 Å². The molecule has 0 unspecified atom stereocenters. The van der Waals surface area contributed by atoms with Gasteiger partial charge in [-0.05, 0) is 37.4 Å². The van der Waals surface area contributed by atoms with Crippen LogP contribution in [0, 0.1) is 5.92 Å². The second kappa shape index (κ2) is 9.35. The summed E-state index contributed by atoms with van der Waals surface area (Å²) in [6.07, 6.45) is 4.43. The SMILES string of the molecule is C=CC1=CC[C@H]([Si](C)(C)Cc2ccccc2)[C@@H]2OC(=O)[C@@H](P(=O)(OCC)OCC)[C@H]12. The predicted octanol–water partition coefficient (Wildman–Crippen LogP) is 5.54. The fraction of sp³-hybridized carbons (Fsp3) is 0.522. The summed E-state index contributed by atoms with van der Waals surface area (Å²) >= 11 is 0. The molecule has 1 fully saturated rings. The highest BCUT2D eigenvalue weighted by Gasteiger charge is 2.61. The van der Waals surface area contributed by atoms with Gasteiger partial charge in [-0.2, -0.15) is 0 Å². The van der Waals surface area contributed by atoms with Crippen LogP contribution >= 0.6 is 7.60 Å². The van der Waals surface area contributed by atoms with Crippen LogP contribution in [0.2, 0.25) is 18.6 Å². The minimum Gasteiger partial charge on any atom is -0.461 e. The molecule has 1 aromatic rings. The van der Waals surface area contributed by atoms with Crippen molar-refractivity contribution < 1.29 is 23.1 Å². The van der Waals surface area contributed by atoms with Crippen molar-refractivity contribution >= 4 is 21.6 Å². The van der Waals surface area contributed by atoms with Gasteiger partial charge < -0.3 is 13.8 Å². The van der Waals surface area contributed by atoms with E-state index in [2.05, 4.69) is 50.0 Å². The second-order valence-corrected chi connectivity index (χ2v) is 15.9. The van der Waals surface area contributed by atoms with Gasteiger partial charge in [0.2, 0.25) is 0 Å². The van der Waals surface area contributed by atoms with E-state index in [0.29, 0.717) is 0 Å². The van der Waals surface area contributed by atoms with E-state index >= 15 is 0 Å². The molecule has 3 rings (SSSR count). The Bertz CT molecular complexity index is 840. The van der Waals surface area contributed by atoms with Gasteiger partial charge in [0.15, 0.2) is 5.66 Å². The number of ether oxygens (including phenoxy) is 1. The van der Waals surface area contributed by atoms with Crippen LogP contribution in [0.4, 0.5) is 0 Å². The Morgan fingerprint density at radius 3 is 2.40 bits per heavy atom. The molecule has 4 atom stereocenters. The summed E-state index contributed by atoms with van der Waals surface area (Å²) in [4.78, 5) is 13.0. The summed E-state index contributed by atoms with van der Waals surface area (Å²) in [5.74, 6) is -0.820. The summed E-state index contributed by atoms with van der Waals surface area (Å²) in [6.45, 7) is 12.6. The molecule has 1 heterocycles. The van der Waals surface area contributed by atoms with E-state index in [1.165, 1.54) is 5.56 Å². The number of hydrogen-bond donors (Lipinski definition) is 0. The van der Waals surface area contributed by atoms with Crippen molar-refractivity contribution in [1.29, 1.82) is 0 Å². The number of rotatable bonds is 9. The fourth-order valence-corrected chi connectivity index (χ4v) is 10.6. The Balaban J connectivity index is 1.97. The van der Waals surface area contributed by atoms with Crippen molar-refractivity contribution in [3.8, 4) is 0 Å². The zero-order chi connectivity index (χ0) is 21.9. The second-order valence-electron chi connectivity index (χ2n) is 8.65. The third kappa shape index (κ3) is 4.42. The summed E-state index contributed by atoms with van der Waals surface area (Å²) in [6, 6.07) is 11.5. The number of hydrogen-bond acceptors (Lipinski definition) is 5. The van der Waals surface area contributed by atoms with Gasteiger partial charge >= 0.3 is 13.6 Å². The van der Waals surface area contributed by atoms with Crippen molar-refractivity contribution in [2.45, 2.75) is 56.7 Å². The Morgan fingerprint density at radius 2 is 1.83 bits per heavy atom. The van der Waals surface area contributed by atoms with E-state index in [9.17, 15) is 9.36 Å². The van der Waals surface area contributed by atoms with Gasteiger partial charge in [-0.1, -0.05) is 67.7 Å². The minimum atomic E-state index is -3.66. The smallest absolute Gasteiger partial charge is 0.345 e. The molecule has 0 aromatic heterocycles. The van der Waals surface area contributed by atoms with Gasteiger partial charge in [-0.3, -0.25) is 9.36 Å². The summed E-state index contributed by atoms with van der Waals surface area (Å²) in [5, 5.41) is 0. The normalized spacial score (nSPS) is 26.7. The highest BCUT2D eigenvalue weighted by Crippen LogP contribution is 2.62. The van der Waals surface area contributed by atoms with Crippen LogP contribution in [-0.4, -0.2) is 39.0 Å².